The molecule has 70 valence electrons. The zero-order valence-electron chi connectivity index (χ0n) is 8.43. The molecule has 0 heterocycles. The Balaban J connectivity index is 2.19. The topological polar surface area (TPSA) is 0 Å². The Bertz CT molecular complexity index is 480. The molecule has 2 atom stereocenters. The first-order chi connectivity index (χ1) is 7.36. The van der Waals surface area contributed by atoms with E-state index in [4.69, 9.17) is 7.85 Å². The molecule has 0 amide bonds. The molecule has 0 saturated carbocycles. The van der Waals surface area contributed by atoms with Crippen LogP contribution in [0.4, 0.5) is 0 Å². The van der Waals surface area contributed by atoms with Gasteiger partial charge in [-0.2, -0.15) is 0 Å². The van der Waals surface area contributed by atoms with Crippen molar-refractivity contribution in [3.8, 4) is 0 Å². The fourth-order valence-corrected chi connectivity index (χ4v) is 2.36. The molecule has 1 aromatic rings. The molecule has 0 nitrogen and oxygen atoms in total. The summed E-state index contributed by atoms with van der Waals surface area (Å²) in [5.41, 5.74) is 3.84. The van der Waals surface area contributed by atoms with E-state index < -0.39 is 0 Å². The van der Waals surface area contributed by atoms with Crippen molar-refractivity contribution in [2.75, 3.05) is 0 Å². The Kier molecular flexibility index (Phi) is 1.91. The summed E-state index contributed by atoms with van der Waals surface area (Å²) in [6.45, 7) is 0. The zero-order chi connectivity index (χ0) is 10.3. The van der Waals surface area contributed by atoms with Gasteiger partial charge < -0.3 is 0 Å². The number of fused-ring (bicyclic) bond motifs is 2. The monoisotopic (exact) mass is 190 g/mol. The Labute approximate surface area is 91.4 Å². The van der Waals surface area contributed by atoms with Crippen molar-refractivity contribution in [3.05, 3.63) is 65.3 Å². The standard InChI is InChI=1S/C14H11B/c15-14-12-7-3-1-5-10(12)9-11-6-2-4-8-13(11)14/h1-9,12,14H. The quantitative estimate of drug-likeness (QED) is 0.551. The number of allylic oxidation sites excluding steroid dienone is 5. The maximum atomic E-state index is 6.28. The average Bonchev–Trinajstić information content (AvgIpc) is 2.30. The van der Waals surface area contributed by atoms with Crippen LogP contribution in [0.3, 0.4) is 0 Å². The average molecular weight is 190 g/mol. The van der Waals surface area contributed by atoms with Crippen molar-refractivity contribution in [3.63, 3.8) is 0 Å². The predicted octanol–water partition coefficient (Wildman–Crippen LogP) is 3.04. The smallest absolute Gasteiger partial charge is 0.0772 e. The van der Waals surface area contributed by atoms with Crippen LogP contribution in [0.15, 0.2) is 54.1 Å². The van der Waals surface area contributed by atoms with Crippen LogP contribution in [-0.4, -0.2) is 7.85 Å². The lowest BCUT2D eigenvalue weighted by Crippen LogP contribution is -2.18. The van der Waals surface area contributed by atoms with Gasteiger partial charge in [0.2, 0.25) is 0 Å². The Hall–Kier alpha value is -1.50. The molecule has 1 aromatic carbocycles. The molecule has 0 fully saturated rings. The molecule has 1 heteroatoms. The predicted molar refractivity (Wildman–Crippen MR) is 64.7 cm³/mol. The lowest BCUT2D eigenvalue weighted by Gasteiger charge is -2.30. The number of rotatable bonds is 0. The minimum absolute atomic E-state index is 0.0994. The van der Waals surface area contributed by atoms with Gasteiger partial charge in [-0.05, 0) is 22.5 Å². The first-order valence-corrected chi connectivity index (χ1v) is 5.27. The summed E-state index contributed by atoms with van der Waals surface area (Å²) in [6, 6.07) is 8.37. The molecule has 3 rings (SSSR count). The van der Waals surface area contributed by atoms with E-state index in [1.165, 1.54) is 16.7 Å². The highest BCUT2D eigenvalue weighted by Gasteiger charge is 2.25. The number of benzene rings is 1. The molecule has 0 aliphatic heterocycles. The first kappa shape index (κ1) is 8.78. The summed E-state index contributed by atoms with van der Waals surface area (Å²) in [7, 11) is 6.28. The van der Waals surface area contributed by atoms with Gasteiger partial charge in [-0.3, -0.25) is 0 Å². The lowest BCUT2D eigenvalue weighted by atomic mass is 9.64. The third-order valence-corrected chi connectivity index (χ3v) is 3.17. The van der Waals surface area contributed by atoms with E-state index >= 15 is 0 Å². The van der Waals surface area contributed by atoms with Crippen LogP contribution in [0.2, 0.25) is 0 Å². The minimum Gasteiger partial charge on any atom is -0.0772 e. The SMILES string of the molecule is [B]C1c2ccccc2C=C2C=CC=CC21. The molecule has 0 saturated heterocycles. The maximum absolute atomic E-state index is 6.28. The fraction of sp³-hybridized carbons (Fsp3) is 0.143. The summed E-state index contributed by atoms with van der Waals surface area (Å²) in [5.74, 6) is 0.451. The second kappa shape index (κ2) is 3.27. The molecule has 2 aliphatic carbocycles. The second-order valence-electron chi connectivity index (χ2n) is 4.07. The Morgan fingerprint density at radius 1 is 1.07 bits per heavy atom. The highest BCUT2D eigenvalue weighted by molar-refractivity contribution is 6.14. The van der Waals surface area contributed by atoms with Gasteiger partial charge in [-0.25, -0.2) is 0 Å². The Morgan fingerprint density at radius 2 is 1.93 bits per heavy atom. The van der Waals surface area contributed by atoms with Crippen LogP contribution >= 0.6 is 0 Å². The van der Waals surface area contributed by atoms with E-state index in [1.807, 2.05) is 0 Å². The summed E-state index contributed by atoms with van der Waals surface area (Å²) in [5, 5.41) is 0. The fourth-order valence-electron chi connectivity index (χ4n) is 2.36. The van der Waals surface area contributed by atoms with Crippen molar-refractivity contribution >= 4 is 13.9 Å². The van der Waals surface area contributed by atoms with Crippen molar-refractivity contribution in [1.82, 2.24) is 0 Å². The third kappa shape index (κ3) is 1.31. The van der Waals surface area contributed by atoms with Crippen LogP contribution in [0.5, 0.6) is 0 Å². The molecular weight excluding hydrogens is 179 g/mol. The Morgan fingerprint density at radius 3 is 2.87 bits per heavy atom. The molecule has 0 aromatic heterocycles. The first-order valence-electron chi connectivity index (χ1n) is 5.27. The zero-order valence-corrected chi connectivity index (χ0v) is 8.43. The highest BCUT2D eigenvalue weighted by atomic mass is 14.3. The van der Waals surface area contributed by atoms with E-state index in [-0.39, 0.29) is 5.82 Å². The van der Waals surface area contributed by atoms with Crippen molar-refractivity contribution in [1.29, 1.82) is 0 Å². The van der Waals surface area contributed by atoms with E-state index in [9.17, 15) is 0 Å². The van der Waals surface area contributed by atoms with E-state index in [1.54, 1.807) is 0 Å². The van der Waals surface area contributed by atoms with Crippen molar-refractivity contribution < 1.29 is 0 Å². The molecule has 2 unspecified atom stereocenters. The van der Waals surface area contributed by atoms with Crippen LogP contribution in [-0.2, 0) is 0 Å². The summed E-state index contributed by atoms with van der Waals surface area (Å²) in [6.07, 6.45) is 10.7. The lowest BCUT2D eigenvalue weighted by molar-refractivity contribution is 0.729. The maximum Gasteiger partial charge on any atom is 0.0776 e. The number of hydrogen-bond donors (Lipinski definition) is 0. The van der Waals surface area contributed by atoms with Gasteiger partial charge in [0.25, 0.3) is 0 Å². The van der Waals surface area contributed by atoms with Crippen LogP contribution in [0, 0.1) is 5.92 Å². The highest BCUT2D eigenvalue weighted by Crippen LogP contribution is 2.38. The summed E-state index contributed by atoms with van der Waals surface area (Å²) < 4.78 is 0. The number of hydrogen-bond acceptors (Lipinski definition) is 0. The van der Waals surface area contributed by atoms with E-state index in [0.717, 1.165) is 0 Å². The molecule has 0 bridgehead atoms. The molecule has 15 heavy (non-hydrogen) atoms. The van der Waals surface area contributed by atoms with E-state index in [0.29, 0.717) is 5.92 Å². The van der Waals surface area contributed by atoms with Crippen molar-refractivity contribution in [2.24, 2.45) is 5.92 Å². The van der Waals surface area contributed by atoms with Gasteiger partial charge in [-0.1, -0.05) is 54.6 Å². The molecule has 2 aliphatic rings. The molecular formula is C14H11B. The summed E-state index contributed by atoms with van der Waals surface area (Å²) in [4.78, 5) is 0. The third-order valence-electron chi connectivity index (χ3n) is 3.17. The van der Waals surface area contributed by atoms with Gasteiger partial charge in [-0.15, -0.1) is 0 Å². The largest absolute Gasteiger partial charge is 0.0776 e. The van der Waals surface area contributed by atoms with Gasteiger partial charge in [0.05, 0.1) is 7.85 Å². The normalized spacial score (nSPS) is 26.8. The van der Waals surface area contributed by atoms with Crippen molar-refractivity contribution in [2.45, 2.75) is 5.82 Å². The molecule has 2 radical (unpaired) electrons. The van der Waals surface area contributed by atoms with E-state index in [2.05, 4.69) is 54.6 Å². The molecule has 0 N–H and O–H groups in total. The van der Waals surface area contributed by atoms with Gasteiger partial charge >= 0.3 is 0 Å². The summed E-state index contributed by atoms with van der Waals surface area (Å²) >= 11 is 0. The van der Waals surface area contributed by atoms with Gasteiger partial charge in [0.15, 0.2) is 0 Å². The second-order valence-corrected chi connectivity index (χ2v) is 4.07. The van der Waals surface area contributed by atoms with Gasteiger partial charge in [0.1, 0.15) is 0 Å². The van der Waals surface area contributed by atoms with Crippen LogP contribution < -0.4 is 0 Å². The van der Waals surface area contributed by atoms with Crippen LogP contribution in [0.25, 0.3) is 6.08 Å². The van der Waals surface area contributed by atoms with Crippen LogP contribution in [0.1, 0.15) is 16.9 Å². The van der Waals surface area contributed by atoms with Gasteiger partial charge in [0, 0.05) is 5.92 Å². The molecule has 0 spiro atoms. The minimum atomic E-state index is 0.0994.